The topological polar surface area (TPSA) is 57.0 Å². The highest BCUT2D eigenvalue weighted by atomic mass is 16.2. The van der Waals surface area contributed by atoms with Crippen molar-refractivity contribution in [2.24, 2.45) is 5.41 Å². The van der Waals surface area contributed by atoms with E-state index in [-0.39, 0.29) is 5.91 Å². The van der Waals surface area contributed by atoms with Crippen LogP contribution in [0, 0.1) is 16.7 Å². The first-order chi connectivity index (χ1) is 10.2. The van der Waals surface area contributed by atoms with Crippen LogP contribution in [-0.2, 0) is 11.2 Å². The predicted octanol–water partition coefficient (Wildman–Crippen LogP) is 2.95. The molecule has 21 heavy (non-hydrogen) atoms. The van der Waals surface area contributed by atoms with Gasteiger partial charge in [-0.25, -0.2) is 0 Å². The van der Waals surface area contributed by atoms with E-state index in [1.54, 1.807) is 17.3 Å². The molecule has 1 heterocycles. The van der Waals surface area contributed by atoms with Gasteiger partial charge in [0.05, 0.1) is 6.07 Å². The number of pyridine rings is 1. The summed E-state index contributed by atoms with van der Waals surface area (Å²) in [4.78, 5) is 18.4. The van der Waals surface area contributed by atoms with Crippen molar-refractivity contribution < 1.29 is 4.79 Å². The fraction of sp³-hybridized carbons (Fsp3) is 0.588. The smallest absolute Gasteiger partial charge is 0.242 e. The van der Waals surface area contributed by atoms with E-state index in [1.807, 2.05) is 19.2 Å². The van der Waals surface area contributed by atoms with Gasteiger partial charge in [0.15, 0.2) is 0 Å². The van der Waals surface area contributed by atoms with Crippen molar-refractivity contribution >= 4 is 5.91 Å². The van der Waals surface area contributed by atoms with Crippen molar-refractivity contribution in [3.05, 3.63) is 30.1 Å². The number of carbonyl (C=O) groups is 1. The molecule has 1 aliphatic carbocycles. The highest BCUT2D eigenvalue weighted by molar-refractivity contribution is 5.85. The summed E-state index contributed by atoms with van der Waals surface area (Å²) < 4.78 is 0. The molecular weight excluding hydrogens is 262 g/mol. The molecule has 2 rings (SSSR count). The highest BCUT2D eigenvalue weighted by Crippen LogP contribution is 2.36. The lowest BCUT2D eigenvalue weighted by molar-refractivity contribution is -0.138. The van der Waals surface area contributed by atoms with Gasteiger partial charge < -0.3 is 4.90 Å². The second kappa shape index (κ2) is 7.21. The van der Waals surface area contributed by atoms with E-state index >= 15 is 0 Å². The first kappa shape index (κ1) is 15.5. The van der Waals surface area contributed by atoms with E-state index in [2.05, 4.69) is 11.1 Å². The maximum Gasteiger partial charge on any atom is 0.242 e. The third-order valence-corrected chi connectivity index (χ3v) is 4.41. The number of likely N-dealkylation sites (N-methyl/N-ethyl adjacent to an activating group) is 1. The Balaban J connectivity index is 1.98. The summed E-state index contributed by atoms with van der Waals surface area (Å²) in [6.07, 6.45) is 9.98. The molecule has 0 bridgehead atoms. The van der Waals surface area contributed by atoms with Crippen LogP contribution < -0.4 is 0 Å². The van der Waals surface area contributed by atoms with Crippen LogP contribution in [0.3, 0.4) is 0 Å². The Morgan fingerprint density at radius 2 is 1.90 bits per heavy atom. The van der Waals surface area contributed by atoms with Crippen molar-refractivity contribution in [3.63, 3.8) is 0 Å². The van der Waals surface area contributed by atoms with Crippen LogP contribution in [0.25, 0.3) is 0 Å². The van der Waals surface area contributed by atoms with Crippen LogP contribution in [0.15, 0.2) is 24.5 Å². The lowest BCUT2D eigenvalue weighted by atomic mass is 9.80. The van der Waals surface area contributed by atoms with Crippen LogP contribution >= 0.6 is 0 Å². The minimum Gasteiger partial charge on any atom is -0.344 e. The molecule has 0 N–H and O–H groups in total. The zero-order valence-corrected chi connectivity index (χ0v) is 12.7. The number of nitrogens with zero attached hydrogens (tertiary/aromatic N) is 3. The van der Waals surface area contributed by atoms with Gasteiger partial charge in [0.2, 0.25) is 5.91 Å². The summed E-state index contributed by atoms with van der Waals surface area (Å²) >= 11 is 0. The van der Waals surface area contributed by atoms with Gasteiger partial charge in [0.25, 0.3) is 0 Å². The van der Waals surface area contributed by atoms with Crippen LogP contribution in [0.2, 0.25) is 0 Å². The first-order valence-corrected chi connectivity index (χ1v) is 7.74. The van der Waals surface area contributed by atoms with Crippen LogP contribution in [0.5, 0.6) is 0 Å². The monoisotopic (exact) mass is 285 g/mol. The summed E-state index contributed by atoms with van der Waals surface area (Å²) in [5, 5.41) is 9.57. The lowest BCUT2D eigenvalue weighted by Crippen LogP contribution is -2.42. The molecule has 0 spiro atoms. The molecule has 1 amide bonds. The van der Waals surface area contributed by atoms with Crippen molar-refractivity contribution in [2.45, 2.75) is 44.9 Å². The number of hydrogen-bond donors (Lipinski definition) is 0. The molecule has 0 aliphatic heterocycles. The van der Waals surface area contributed by atoms with Gasteiger partial charge in [-0.2, -0.15) is 5.26 Å². The minimum absolute atomic E-state index is 0.000885. The molecule has 0 atom stereocenters. The number of nitriles is 1. The molecule has 0 unspecified atom stereocenters. The number of hydrogen-bond acceptors (Lipinski definition) is 3. The Hall–Kier alpha value is -1.89. The Morgan fingerprint density at radius 3 is 2.48 bits per heavy atom. The third-order valence-electron chi connectivity index (χ3n) is 4.41. The normalized spacial score (nSPS) is 17.5. The highest BCUT2D eigenvalue weighted by Gasteiger charge is 2.40. The van der Waals surface area contributed by atoms with Gasteiger partial charge >= 0.3 is 0 Å². The zero-order chi connectivity index (χ0) is 15.1. The number of rotatable bonds is 4. The maximum absolute atomic E-state index is 12.7. The average molecular weight is 285 g/mol. The molecule has 1 aliphatic rings. The summed E-state index contributed by atoms with van der Waals surface area (Å²) in [5.74, 6) is 0.000885. The maximum atomic E-state index is 12.7. The Morgan fingerprint density at radius 1 is 1.29 bits per heavy atom. The van der Waals surface area contributed by atoms with Crippen molar-refractivity contribution in [3.8, 4) is 6.07 Å². The summed E-state index contributed by atoms with van der Waals surface area (Å²) in [6, 6.07) is 6.26. The Bertz CT molecular complexity index is 499. The van der Waals surface area contributed by atoms with Gasteiger partial charge in [0.1, 0.15) is 5.41 Å². The van der Waals surface area contributed by atoms with Crippen LogP contribution in [0.4, 0.5) is 0 Å². The molecule has 4 heteroatoms. The van der Waals surface area contributed by atoms with Crippen LogP contribution in [-0.4, -0.2) is 29.4 Å². The predicted molar refractivity (Wildman–Crippen MR) is 81.3 cm³/mol. The summed E-state index contributed by atoms with van der Waals surface area (Å²) in [6.45, 7) is 0.645. The van der Waals surface area contributed by atoms with E-state index in [9.17, 15) is 10.1 Å². The molecule has 1 fully saturated rings. The fourth-order valence-electron chi connectivity index (χ4n) is 3.02. The quantitative estimate of drug-likeness (QED) is 0.799. The van der Waals surface area contributed by atoms with Gasteiger partial charge in [-0.05, 0) is 37.0 Å². The van der Waals surface area contributed by atoms with E-state index < -0.39 is 5.41 Å². The third kappa shape index (κ3) is 3.81. The number of amides is 1. The van der Waals surface area contributed by atoms with Gasteiger partial charge in [0, 0.05) is 26.0 Å². The molecule has 1 aromatic heterocycles. The summed E-state index contributed by atoms with van der Waals surface area (Å²) in [7, 11) is 1.81. The summed E-state index contributed by atoms with van der Waals surface area (Å²) in [5.41, 5.74) is 0.375. The minimum atomic E-state index is -0.788. The second-order valence-electron chi connectivity index (χ2n) is 5.94. The Labute approximate surface area is 126 Å². The molecule has 4 nitrogen and oxygen atoms in total. The largest absolute Gasteiger partial charge is 0.344 e. The molecule has 0 aromatic carbocycles. The van der Waals surface area contributed by atoms with Gasteiger partial charge in [-0.15, -0.1) is 0 Å². The van der Waals surface area contributed by atoms with Crippen molar-refractivity contribution in [1.29, 1.82) is 5.26 Å². The number of aromatic nitrogens is 1. The van der Waals surface area contributed by atoms with E-state index in [0.717, 1.165) is 37.7 Å². The van der Waals surface area contributed by atoms with Crippen molar-refractivity contribution in [1.82, 2.24) is 9.88 Å². The first-order valence-electron chi connectivity index (χ1n) is 7.74. The lowest BCUT2D eigenvalue weighted by Gasteiger charge is -2.29. The number of carbonyl (C=O) groups excluding carboxylic acids is 1. The molecule has 0 saturated heterocycles. The molecule has 1 saturated carbocycles. The molecular formula is C17H23N3O. The van der Waals surface area contributed by atoms with Crippen molar-refractivity contribution in [2.75, 3.05) is 13.6 Å². The standard InChI is InChI=1S/C17H23N3O/c1-20(13-8-15-6-11-19-12-7-15)16(21)17(14-18)9-4-2-3-5-10-17/h6-7,11-12H,2-5,8-10,13H2,1H3. The van der Waals surface area contributed by atoms with E-state index in [4.69, 9.17) is 0 Å². The second-order valence-corrected chi connectivity index (χ2v) is 5.94. The zero-order valence-electron chi connectivity index (χ0n) is 12.7. The van der Waals surface area contributed by atoms with E-state index in [0.29, 0.717) is 19.4 Å². The molecule has 0 radical (unpaired) electrons. The van der Waals surface area contributed by atoms with E-state index in [1.165, 1.54) is 0 Å². The molecule has 1 aromatic rings. The van der Waals surface area contributed by atoms with Gasteiger partial charge in [-0.1, -0.05) is 25.7 Å². The fourth-order valence-corrected chi connectivity index (χ4v) is 3.02. The average Bonchev–Trinajstić information content (AvgIpc) is 2.79. The van der Waals surface area contributed by atoms with Crippen LogP contribution in [0.1, 0.15) is 44.1 Å². The SMILES string of the molecule is CN(CCc1ccncc1)C(=O)C1(C#N)CCCCCC1. The Kier molecular flexibility index (Phi) is 5.32. The van der Waals surface area contributed by atoms with Gasteiger partial charge in [-0.3, -0.25) is 9.78 Å². The molecule has 112 valence electrons.